The monoisotopic (exact) mass is 628 g/mol. The number of benzene rings is 1. The van der Waals surface area contributed by atoms with Crippen LogP contribution in [0.1, 0.15) is 78.3 Å². The molecule has 3 aromatic heterocycles. The van der Waals surface area contributed by atoms with Gasteiger partial charge in [0.25, 0.3) is 0 Å². The van der Waals surface area contributed by atoms with E-state index in [9.17, 15) is 9.59 Å². The predicted octanol–water partition coefficient (Wildman–Crippen LogP) is 8.24. The number of ether oxygens (including phenoxy) is 2. The first kappa shape index (κ1) is 31.7. The number of aryl methyl sites for hydroxylation is 3. The van der Waals surface area contributed by atoms with E-state index in [2.05, 4.69) is 68.9 Å². The number of carbonyl (C=O) groups excluding carboxylic acids is 2. The maximum Gasteiger partial charge on any atom is 0.310 e. The molecule has 0 atom stereocenters. The number of nitrogens with zero attached hydrogens (tertiary/aromatic N) is 2. The lowest BCUT2D eigenvalue weighted by Gasteiger charge is -2.10. The Morgan fingerprint density at radius 3 is 1.43 bits per heavy atom. The van der Waals surface area contributed by atoms with Gasteiger partial charge in [0.2, 0.25) is 0 Å². The normalized spacial score (nSPS) is 13.0. The minimum Gasteiger partial charge on any atom is -0.469 e. The van der Waals surface area contributed by atoms with E-state index in [0.717, 1.165) is 101 Å². The molecular formula is C39H40N4O4. The SMILES string of the molecule is COC(=O)Cc1c(C)c2cc3nc(c(-c4ccc(C)cc4)c4nc(cc5[nH]c(cc1[nH]2)c(CC(=O)OC)c5C)C(C)=C4C)C(C)=C3C. The molecule has 0 radical (unpaired) electrons. The van der Waals surface area contributed by atoms with Crippen LogP contribution in [0.4, 0.5) is 0 Å². The van der Waals surface area contributed by atoms with Gasteiger partial charge in [-0.15, -0.1) is 0 Å². The van der Waals surface area contributed by atoms with E-state index in [1.807, 2.05) is 32.0 Å². The van der Waals surface area contributed by atoms with E-state index in [0.29, 0.717) is 0 Å². The molecule has 0 saturated carbocycles. The van der Waals surface area contributed by atoms with Crippen LogP contribution in [0.2, 0.25) is 0 Å². The number of fused-ring (bicyclic) bond motifs is 8. The van der Waals surface area contributed by atoms with Gasteiger partial charge in [-0.25, -0.2) is 9.97 Å². The van der Waals surface area contributed by atoms with Crippen molar-refractivity contribution in [1.82, 2.24) is 19.9 Å². The molecule has 47 heavy (non-hydrogen) atoms. The third-order valence-corrected chi connectivity index (χ3v) is 9.73. The van der Waals surface area contributed by atoms with E-state index >= 15 is 0 Å². The number of allylic oxidation sites excluding steroid dienone is 4. The van der Waals surface area contributed by atoms with Crippen molar-refractivity contribution in [2.45, 2.75) is 61.3 Å². The van der Waals surface area contributed by atoms with Crippen molar-refractivity contribution >= 4 is 56.3 Å². The average molecular weight is 629 g/mol. The zero-order valence-corrected chi connectivity index (χ0v) is 28.5. The molecule has 1 aromatic carbocycles. The molecule has 0 spiro atoms. The summed E-state index contributed by atoms with van der Waals surface area (Å²) in [7, 11) is 2.78. The third kappa shape index (κ3) is 5.58. The highest BCUT2D eigenvalue weighted by Gasteiger charge is 2.25. The standard InChI is InChI=1S/C39H40N4O4/c1-19-10-12-26(13-11-19)37-38-22(4)20(2)29(42-38)16-31-24(6)27(14-35(44)46-8)33(40-31)18-34-28(15-36(45)47-9)25(7)32(41-34)17-30-21(3)23(5)39(37)43-30/h10-13,16-18,40-41H,14-15H2,1-9H3. The van der Waals surface area contributed by atoms with Crippen LogP contribution in [-0.2, 0) is 31.9 Å². The van der Waals surface area contributed by atoms with Crippen LogP contribution >= 0.6 is 0 Å². The van der Waals surface area contributed by atoms with E-state index in [-0.39, 0.29) is 24.8 Å². The van der Waals surface area contributed by atoms with Gasteiger partial charge in [-0.2, -0.15) is 0 Å². The van der Waals surface area contributed by atoms with Crippen LogP contribution in [0.5, 0.6) is 0 Å². The molecule has 2 aliphatic rings. The quantitative estimate of drug-likeness (QED) is 0.216. The predicted molar refractivity (Wildman–Crippen MR) is 188 cm³/mol. The maximum atomic E-state index is 12.6. The third-order valence-electron chi connectivity index (χ3n) is 9.73. The van der Waals surface area contributed by atoms with E-state index in [4.69, 9.17) is 19.4 Å². The Labute approximate surface area is 274 Å². The Bertz CT molecular complexity index is 2080. The van der Waals surface area contributed by atoms with Crippen LogP contribution in [-0.4, -0.2) is 46.1 Å². The van der Waals surface area contributed by atoms with Crippen molar-refractivity contribution in [3.63, 3.8) is 0 Å². The summed E-state index contributed by atoms with van der Waals surface area (Å²) in [6.45, 7) is 14.5. The van der Waals surface area contributed by atoms with Gasteiger partial charge in [0.1, 0.15) is 0 Å². The van der Waals surface area contributed by atoms with Crippen molar-refractivity contribution in [1.29, 1.82) is 0 Å². The number of H-pyrrole nitrogens is 2. The fourth-order valence-electron chi connectivity index (χ4n) is 6.39. The van der Waals surface area contributed by atoms with Crippen LogP contribution in [0.15, 0.2) is 42.5 Å². The molecule has 2 aliphatic heterocycles. The topological polar surface area (TPSA) is 110 Å². The first-order valence-corrected chi connectivity index (χ1v) is 15.7. The van der Waals surface area contributed by atoms with Crippen molar-refractivity contribution in [2.24, 2.45) is 0 Å². The maximum absolute atomic E-state index is 12.6. The highest BCUT2D eigenvalue weighted by atomic mass is 16.5. The Hall–Kier alpha value is -5.24. The molecule has 6 rings (SSSR count). The largest absolute Gasteiger partial charge is 0.469 e. The zero-order valence-electron chi connectivity index (χ0n) is 28.5. The molecule has 4 aromatic rings. The minimum absolute atomic E-state index is 0.0883. The zero-order chi connectivity index (χ0) is 33.7. The van der Waals surface area contributed by atoms with Crippen molar-refractivity contribution < 1.29 is 19.1 Å². The number of nitrogens with one attached hydrogen (secondary N) is 2. The lowest BCUT2D eigenvalue weighted by molar-refractivity contribution is -0.140. The first-order valence-electron chi connectivity index (χ1n) is 15.7. The molecule has 8 heteroatoms. The molecule has 8 bridgehead atoms. The Kier molecular flexibility index (Phi) is 8.22. The minimum atomic E-state index is -0.340. The van der Waals surface area contributed by atoms with Crippen LogP contribution in [0.25, 0.3) is 55.5 Å². The molecule has 8 nitrogen and oxygen atoms in total. The van der Waals surface area contributed by atoms with Gasteiger partial charge in [0.05, 0.1) is 49.8 Å². The summed E-state index contributed by atoms with van der Waals surface area (Å²) in [5.74, 6) is -0.681. The molecule has 2 N–H and O–H groups in total. The number of rotatable bonds is 5. The van der Waals surface area contributed by atoms with Gasteiger partial charge < -0.3 is 19.4 Å². The van der Waals surface area contributed by atoms with Gasteiger partial charge in [-0.05, 0) is 117 Å². The lowest BCUT2D eigenvalue weighted by atomic mass is 9.94. The Morgan fingerprint density at radius 2 is 1.02 bits per heavy atom. The van der Waals surface area contributed by atoms with Crippen molar-refractivity contribution in [2.75, 3.05) is 14.2 Å². The van der Waals surface area contributed by atoms with Gasteiger partial charge in [-0.3, -0.25) is 9.59 Å². The van der Waals surface area contributed by atoms with Crippen LogP contribution in [0, 0.1) is 20.8 Å². The smallest absolute Gasteiger partial charge is 0.310 e. The lowest BCUT2D eigenvalue weighted by Crippen LogP contribution is -2.05. The summed E-state index contributed by atoms with van der Waals surface area (Å²) in [4.78, 5) is 42.9. The van der Waals surface area contributed by atoms with Gasteiger partial charge in [-0.1, -0.05) is 29.8 Å². The summed E-state index contributed by atoms with van der Waals surface area (Å²) in [5, 5.41) is 0. The summed E-state index contributed by atoms with van der Waals surface area (Å²) in [6.07, 6.45) is 0.177. The highest BCUT2D eigenvalue weighted by Crippen LogP contribution is 2.42. The second kappa shape index (κ2) is 12.2. The fraction of sp³-hybridized carbons (Fsp3) is 0.282. The van der Waals surface area contributed by atoms with Gasteiger partial charge in [0.15, 0.2) is 0 Å². The molecule has 0 fully saturated rings. The summed E-state index contributed by atoms with van der Waals surface area (Å²) >= 11 is 0. The molecule has 5 heterocycles. The van der Waals surface area contributed by atoms with Gasteiger partial charge >= 0.3 is 11.9 Å². The number of carbonyl (C=O) groups is 2. The summed E-state index contributed by atoms with van der Waals surface area (Å²) < 4.78 is 10.1. The van der Waals surface area contributed by atoms with E-state index in [1.165, 1.54) is 19.8 Å². The number of esters is 2. The number of hydrogen-bond acceptors (Lipinski definition) is 6. The average Bonchev–Trinajstić information content (AvgIpc) is 3.70. The van der Waals surface area contributed by atoms with E-state index in [1.54, 1.807) is 0 Å². The summed E-state index contributed by atoms with van der Waals surface area (Å²) in [6, 6.07) is 14.6. The summed E-state index contributed by atoms with van der Waals surface area (Å²) in [5.41, 5.74) is 17.6. The molecule has 240 valence electrons. The fourth-order valence-corrected chi connectivity index (χ4v) is 6.39. The van der Waals surface area contributed by atoms with E-state index < -0.39 is 0 Å². The number of aromatic amines is 2. The molecule has 0 amide bonds. The van der Waals surface area contributed by atoms with Gasteiger partial charge in [0, 0.05) is 27.6 Å². The molecule has 0 unspecified atom stereocenters. The highest BCUT2D eigenvalue weighted by molar-refractivity contribution is 6.01. The first-order chi connectivity index (χ1) is 22.4. The van der Waals surface area contributed by atoms with Crippen molar-refractivity contribution in [3.8, 4) is 11.1 Å². The van der Waals surface area contributed by atoms with Crippen LogP contribution in [0.3, 0.4) is 0 Å². The van der Waals surface area contributed by atoms with Crippen molar-refractivity contribution in [3.05, 3.63) is 93.1 Å². The second-order valence-electron chi connectivity index (χ2n) is 12.5. The molecule has 0 aliphatic carbocycles. The second-order valence-corrected chi connectivity index (χ2v) is 12.5. The Morgan fingerprint density at radius 1 is 0.596 bits per heavy atom. The van der Waals surface area contributed by atoms with Crippen LogP contribution < -0.4 is 0 Å². The molecule has 0 saturated heterocycles. The molecular weight excluding hydrogens is 588 g/mol. The number of methoxy groups -OCH3 is 2. The number of hydrogen-bond donors (Lipinski definition) is 2. The number of aromatic nitrogens is 4. The Balaban J connectivity index is 1.83.